The third kappa shape index (κ3) is 2.70. The molecule has 1 fully saturated rings. The van der Waals surface area contributed by atoms with Crippen molar-refractivity contribution in [3.63, 3.8) is 0 Å². The maximum Gasteiger partial charge on any atom is 0.169 e. The fourth-order valence-electron chi connectivity index (χ4n) is 3.03. The number of hydrogen-bond donors (Lipinski definition) is 0. The van der Waals surface area contributed by atoms with Crippen LogP contribution in [0.1, 0.15) is 50.0 Å². The monoisotopic (exact) mass is 280 g/mol. The topological polar surface area (TPSA) is 26.3 Å². The lowest BCUT2D eigenvalue weighted by Gasteiger charge is -2.27. The van der Waals surface area contributed by atoms with Crippen LogP contribution in [0.3, 0.4) is 0 Å². The number of Topliss-reactive ketones (excluding diaryl/α,β-unsaturated/α-hetero) is 1. The van der Waals surface area contributed by atoms with Crippen molar-refractivity contribution in [2.24, 2.45) is 5.92 Å². The highest BCUT2D eigenvalue weighted by molar-refractivity contribution is 6.31. The van der Waals surface area contributed by atoms with E-state index in [1.54, 1.807) is 0 Å². The van der Waals surface area contributed by atoms with Crippen LogP contribution in [0.15, 0.2) is 18.2 Å². The van der Waals surface area contributed by atoms with E-state index in [1.807, 2.05) is 52.8 Å². The average Bonchev–Trinajstić information content (AvgIpc) is 2.50. The van der Waals surface area contributed by atoms with Crippen molar-refractivity contribution in [3.8, 4) is 0 Å². The first-order chi connectivity index (χ1) is 8.64. The van der Waals surface area contributed by atoms with Crippen molar-refractivity contribution >= 4 is 17.4 Å². The number of hydrogen-bond acceptors (Lipinski definition) is 2. The Morgan fingerprint density at radius 2 is 1.95 bits per heavy atom. The highest BCUT2D eigenvalue weighted by atomic mass is 35.5. The van der Waals surface area contributed by atoms with E-state index in [2.05, 4.69) is 0 Å². The summed E-state index contributed by atoms with van der Waals surface area (Å²) < 4.78 is 6.01. The Morgan fingerprint density at radius 3 is 2.47 bits per heavy atom. The van der Waals surface area contributed by atoms with Gasteiger partial charge in [0.25, 0.3) is 0 Å². The molecule has 1 aromatic rings. The molecule has 0 N–H and O–H groups in total. The van der Waals surface area contributed by atoms with E-state index >= 15 is 0 Å². The van der Waals surface area contributed by atoms with E-state index in [0.29, 0.717) is 10.6 Å². The molecule has 2 rings (SSSR count). The molecule has 1 aliphatic heterocycles. The van der Waals surface area contributed by atoms with E-state index in [9.17, 15) is 4.79 Å². The number of carbonyl (C=O) groups is 1. The molecular weight excluding hydrogens is 260 g/mol. The summed E-state index contributed by atoms with van der Waals surface area (Å²) in [6.45, 7) is 9.94. The zero-order valence-electron chi connectivity index (χ0n) is 12.2. The Kier molecular flexibility index (Phi) is 3.53. The van der Waals surface area contributed by atoms with Crippen LogP contribution in [-0.4, -0.2) is 17.0 Å². The van der Waals surface area contributed by atoms with Gasteiger partial charge in [0, 0.05) is 10.6 Å². The van der Waals surface area contributed by atoms with Gasteiger partial charge in [0.15, 0.2) is 5.78 Å². The highest BCUT2D eigenvalue weighted by Gasteiger charge is 2.49. The van der Waals surface area contributed by atoms with Gasteiger partial charge in [-0.05, 0) is 52.7 Å². The van der Waals surface area contributed by atoms with Crippen LogP contribution in [-0.2, 0) is 4.74 Å². The number of ether oxygens (including phenoxy) is 1. The van der Waals surface area contributed by atoms with Crippen molar-refractivity contribution in [1.82, 2.24) is 0 Å². The average molecular weight is 281 g/mol. The van der Waals surface area contributed by atoms with Gasteiger partial charge in [-0.1, -0.05) is 23.7 Å². The van der Waals surface area contributed by atoms with Crippen molar-refractivity contribution in [3.05, 3.63) is 34.3 Å². The smallest absolute Gasteiger partial charge is 0.169 e. The summed E-state index contributed by atoms with van der Waals surface area (Å²) >= 11 is 6.11. The molecule has 0 aliphatic carbocycles. The molecule has 0 bridgehead atoms. The third-order valence-corrected chi connectivity index (χ3v) is 4.33. The normalized spacial score (nSPS) is 24.4. The van der Waals surface area contributed by atoms with Crippen LogP contribution in [0.2, 0.25) is 5.02 Å². The first-order valence-electron chi connectivity index (χ1n) is 6.63. The molecule has 1 aliphatic rings. The van der Waals surface area contributed by atoms with Gasteiger partial charge in [0.2, 0.25) is 0 Å². The van der Waals surface area contributed by atoms with Gasteiger partial charge in [-0.2, -0.15) is 0 Å². The summed E-state index contributed by atoms with van der Waals surface area (Å²) in [5.74, 6) is 0.00948. The second-order valence-electron chi connectivity index (χ2n) is 6.50. The molecular formula is C16H21ClO2. The van der Waals surface area contributed by atoms with Crippen molar-refractivity contribution in [2.75, 3.05) is 0 Å². The van der Waals surface area contributed by atoms with Crippen molar-refractivity contribution < 1.29 is 9.53 Å². The molecule has 3 heteroatoms. The zero-order chi connectivity index (χ0) is 14.4. The van der Waals surface area contributed by atoms with E-state index < -0.39 is 5.60 Å². The standard InChI is InChI=1S/C16H21ClO2/c1-10-11(7-6-8-13(10)17)14(18)12-9-15(2,3)19-16(12,4)5/h6-8,12H,9H2,1-5H3. The molecule has 104 valence electrons. The van der Waals surface area contributed by atoms with Crippen LogP contribution >= 0.6 is 11.6 Å². The largest absolute Gasteiger partial charge is 0.369 e. The van der Waals surface area contributed by atoms with E-state index in [-0.39, 0.29) is 17.3 Å². The van der Waals surface area contributed by atoms with Crippen LogP contribution in [0.5, 0.6) is 0 Å². The summed E-state index contributed by atoms with van der Waals surface area (Å²) in [7, 11) is 0. The molecule has 0 saturated carbocycles. The Balaban J connectivity index is 2.37. The van der Waals surface area contributed by atoms with Crippen LogP contribution < -0.4 is 0 Å². The number of rotatable bonds is 2. The molecule has 1 saturated heterocycles. The minimum atomic E-state index is -0.435. The second kappa shape index (κ2) is 4.60. The molecule has 19 heavy (non-hydrogen) atoms. The SMILES string of the molecule is Cc1c(Cl)cccc1C(=O)C1CC(C)(C)OC1(C)C. The van der Waals surface area contributed by atoms with E-state index in [4.69, 9.17) is 16.3 Å². The summed E-state index contributed by atoms with van der Waals surface area (Å²) in [5, 5.41) is 0.641. The van der Waals surface area contributed by atoms with Gasteiger partial charge < -0.3 is 4.74 Å². The number of carbonyl (C=O) groups excluding carboxylic acids is 1. The highest BCUT2D eigenvalue weighted by Crippen LogP contribution is 2.43. The molecule has 1 atom stereocenters. The number of ketones is 1. The lowest BCUT2D eigenvalue weighted by atomic mass is 9.81. The van der Waals surface area contributed by atoms with Gasteiger partial charge in [-0.25, -0.2) is 0 Å². The molecule has 0 radical (unpaired) electrons. The predicted octanol–water partition coefficient (Wildman–Crippen LogP) is 4.42. The van der Waals surface area contributed by atoms with E-state index in [1.165, 1.54) is 0 Å². The quantitative estimate of drug-likeness (QED) is 0.750. The Hall–Kier alpha value is -0.860. The van der Waals surface area contributed by atoms with Gasteiger partial charge in [0.1, 0.15) is 0 Å². The van der Waals surface area contributed by atoms with Crippen molar-refractivity contribution in [1.29, 1.82) is 0 Å². The van der Waals surface area contributed by atoms with Gasteiger partial charge in [-0.15, -0.1) is 0 Å². The molecule has 1 aromatic carbocycles. The lowest BCUT2D eigenvalue weighted by molar-refractivity contribution is -0.0712. The molecule has 0 aromatic heterocycles. The van der Waals surface area contributed by atoms with Gasteiger partial charge in [0.05, 0.1) is 17.1 Å². The van der Waals surface area contributed by atoms with Crippen LogP contribution in [0, 0.1) is 12.8 Å². The molecule has 2 nitrogen and oxygen atoms in total. The fourth-order valence-corrected chi connectivity index (χ4v) is 3.21. The Morgan fingerprint density at radius 1 is 1.32 bits per heavy atom. The van der Waals surface area contributed by atoms with Gasteiger partial charge >= 0.3 is 0 Å². The summed E-state index contributed by atoms with van der Waals surface area (Å²) in [5.41, 5.74) is 0.882. The fraction of sp³-hybridized carbons (Fsp3) is 0.562. The summed E-state index contributed by atoms with van der Waals surface area (Å²) in [4.78, 5) is 12.8. The minimum absolute atomic E-state index is 0.125. The zero-order valence-corrected chi connectivity index (χ0v) is 13.0. The maximum atomic E-state index is 12.8. The maximum absolute atomic E-state index is 12.8. The Bertz CT molecular complexity index is 517. The summed E-state index contributed by atoms with van der Waals surface area (Å²) in [6, 6.07) is 5.50. The number of halogens is 1. The van der Waals surface area contributed by atoms with Gasteiger partial charge in [-0.3, -0.25) is 4.79 Å². The second-order valence-corrected chi connectivity index (χ2v) is 6.91. The molecule has 1 heterocycles. The molecule has 1 unspecified atom stereocenters. The number of benzene rings is 1. The van der Waals surface area contributed by atoms with E-state index in [0.717, 1.165) is 12.0 Å². The lowest BCUT2D eigenvalue weighted by Crippen LogP contribution is -2.34. The third-order valence-electron chi connectivity index (χ3n) is 3.92. The molecule has 0 amide bonds. The summed E-state index contributed by atoms with van der Waals surface area (Å²) in [6.07, 6.45) is 0.741. The minimum Gasteiger partial charge on any atom is -0.369 e. The van der Waals surface area contributed by atoms with Crippen LogP contribution in [0.4, 0.5) is 0 Å². The first-order valence-corrected chi connectivity index (χ1v) is 7.01. The Labute approximate surface area is 120 Å². The predicted molar refractivity (Wildman–Crippen MR) is 77.9 cm³/mol. The van der Waals surface area contributed by atoms with Crippen molar-refractivity contribution in [2.45, 2.75) is 52.2 Å². The molecule has 0 spiro atoms. The first kappa shape index (κ1) is 14.5. The van der Waals surface area contributed by atoms with Crippen LogP contribution in [0.25, 0.3) is 0 Å².